The molecule has 2 aromatic rings. The predicted molar refractivity (Wildman–Crippen MR) is 106 cm³/mol. The Morgan fingerprint density at radius 2 is 2.00 bits per heavy atom. The van der Waals surface area contributed by atoms with Crippen molar-refractivity contribution in [3.05, 3.63) is 34.5 Å². The third kappa shape index (κ3) is 5.88. The number of aromatic nitrogens is 2. The van der Waals surface area contributed by atoms with Crippen molar-refractivity contribution in [1.29, 1.82) is 0 Å². The number of nitrogens with one attached hydrogen (secondary N) is 1. The van der Waals surface area contributed by atoms with E-state index in [2.05, 4.69) is 22.0 Å². The molecule has 0 saturated heterocycles. The van der Waals surface area contributed by atoms with Crippen LogP contribution in [0.25, 0.3) is 11.3 Å². The van der Waals surface area contributed by atoms with E-state index in [0.717, 1.165) is 31.0 Å². The first kappa shape index (κ1) is 22.6. The van der Waals surface area contributed by atoms with Crippen molar-refractivity contribution in [1.82, 2.24) is 15.1 Å². The highest BCUT2D eigenvalue weighted by molar-refractivity contribution is 6.32. The Labute approximate surface area is 169 Å². The minimum absolute atomic E-state index is 0.0645. The molecule has 0 bridgehead atoms. The van der Waals surface area contributed by atoms with E-state index in [1.165, 1.54) is 6.07 Å². The lowest BCUT2D eigenvalue weighted by molar-refractivity contribution is -0.139. The highest BCUT2D eigenvalue weighted by atomic mass is 35.5. The van der Waals surface area contributed by atoms with Crippen molar-refractivity contribution in [3.8, 4) is 17.0 Å². The molecule has 4 nitrogen and oxygen atoms in total. The number of H-pyrrole nitrogens is 1. The zero-order valence-electron chi connectivity index (χ0n) is 16.7. The van der Waals surface area contributed by atoms with E-state index < -0.39 is 11.7 Å². The summed E-state index contributed by atoms with van der Waals surface area (Å²) in [6, 6.07) is 2.57. The van der Waals surface area contributed by atoms with E-state index in [1.807, 2.05) is 20.9 Å². The van der Waals surface area contributed by atoms with Crippen LogP contribution in [0.2, 0.25) is 5.02 Å². The smallest absolute Gasteiger partial charge is 0.420 e. The zero-order chi connectivity index (χ0) is 20.9. The van der Waals surface area contributed by atoms with Crippen LogP contribution in [0.4, 0.5) is 13.2 Å². The molecule has 1 heterocycles. The molecule has 0 radical (unpaired) electrons. The average Bonchev–Trinajstić information content (AvgIpc) is 3.05. The van der Waals surface area contributed by atoms with Gasteiger partial charge >= 0.3 is 6.18 Å². The van der Waals surface area contributed by atoms with Gasteiger partial charge in [0.1, 0.15) is 5.75 Å². The fourth-order valence-corrected chi connectivity index (χ4v) is 3.10. The summed E-state index contributed by atoms with van der Waals surface area (Å²) in [7, 11) is 1.98. The van der Waals surface area contributed by atoms with E-state index in [9.17, 15) is 13.2 Å². The Morgan fingerprint density at radius 1 is 1.29 bits per heavy atom. The maximum absolute atomic E-state index is 13.7. The van der Waals surface area contributed by atoms with Gasteiger partial charge in [0.25, 0.3) is 0 Å². The second-order valence-electron chi connectivity index (χ2n) is 7.40. The van der Waals surface area contributed by atoms with Crippen molar-refractivity contribution in [2.75, 3.05) is 20.2 Å². The summed E-state index contributed by atoms with van der Waals surface area (Å²) in [4.78, 5) is 2.12. The van der Waals surface area contributed by atoms with Crippen LogP contribution in [0.3, 0.4) is 0 Å². The summed E-state index contributed by atoms with van der Waals surface area (Å²) in [6.07, 6.45) is -0.813. The van der Waals surface area contributed by atoms with Crippen LogP contribution in [0.1, 0.15) is 44.7 Å². The molecule has 0 spiro atoms. The van der Waals surface area contributed by atoms with Gasteiger partial charge in [0, 0.05) is 17.7 Å². The van der Waals surface area contributed by atoms with Gasteiger partial charge in [0.2, 0.25) is 0 Å². The first-order valence-corrected chi connectivity index (χ1v) is 9.76. The lowest BCUT2D eigenvalue weighted by atomic mass is 10.0. The molecule has 8 heteroatoms. The van der Waals surface area contributed by atoms with Gasteiger partial charge in [-0.1, -0.05) is 38.8 Å². The standard InChI is InChI=1S/C20H27ClF3N3O/c1-5-6-7-27(4)11-15-10-25-26-18(15)14-8-16(20(22,23)24)19(17(21)9-14)28-12-13(2)3/h8-10,13H,5-7,11-12H2,1-4H3,(H,25,26). The van der Waals surface area contributed by atoms with Gasteiger partial charge in [0.15, 0.2) is 0 Å². The Hall–Kier alpha value is -1.73. The van der Waals surface area contributed by atoms with Gasteiger partial charge in [0.05, 0.1) is 29.1 Å². The van der Waals surface area contributed by atoms with Crippen molar-refractivity contribution in [2.45, 2.75) is 46.3 Å². The van der Waals surface area contributed by atoms with Crippen LogP contribution in [-0.2, 0) is 12.7 Å². The number of benzene rings is 1. The van der Waals surface area contributed by atoms with Crippen LogP contribution in [-0.4, -0.2) is 35.3 Å². The predicted octanol–water partition coefficient (Wildman–Crippen LogP) is 6.02. The Balaban J connectivity index is 2.40. The fraction of sp³-hybridized carbons (Fsp3) is 0.550. The van der Waals surface area contributed by atoms with Gasteiger partial charge in [-0.15, -0.1) is 0 Å². The van der Waals surface area contributed by atoms with Gasteiger partial charge in [-0.3, -0.25) is 5.10 Å². The number of halogens is 4. The van der Waals surface area contributed by atoms with Crippen molar-refractivity contribution in [3.63, 3.8) is 0 Å². The summed E-state index contributed by atoms with van der Waals surface area (Å²) in [6.45, 7) is 7.47. The van der Waals surface area contributed by atoms with Crippen LogP contribution in [0, 0.1) is 5.92 Å². The largest absolute Gasteiger partial charge is 0.491 e. The third-order valence-electron chi connectivity index (χ3n) is 4.25. The number of unbranched alkanes of at least 4 members (excludes halogenated alkanes) is 1. The van der Waals surface area contributed by atoms with E-state index in [0.29, 0.717) is 17.8 Å². The van der Waals surface area contributed by atoms with E-state index in [1.54, 1.807) is 6.20 Å². The van der Waals surface area contributed by atoms with E-state index in [-0.39, 0.29) is 23.3 Å². The number of rotatable bonds is 9. The molecule has 0 amide bonds. The Morgan fingerprint density at radius 3 is 2.61 bits per heavy atom. The SMILES string of the molecule is CCCCN(C)Cc1cn[nH]c1-c1cc(Cl)c(OCC(C)C)c(C(F)(F)F)c1. The topological polar surface area (TPSA) is 41.2 Å². The Kier molecular flexibility index (Phi) is 7.78. The summed E-state index contributed by atoms with van der Waals surface area (Å²) in [5, 5.41) is 6.78. The maximum Gasteiger partial charge on any atom is 0.420 e. The van der Waals surface area contributed by atoms with Crippen LogP contribution in [0.15, 0.2) is 18.3 Å². The molecule has 0 atom stereocenters. The molecule has 0 unspecified atom stereocenters. The highest BCUT2D eigenvalue weighted by Crippen LogP contribution is 2.43. The van der Waals surface area contributed by atoms with Crippen LogP contribution < -0.4 is 4.74 Å². The number of alkyl halides is 3. The maximum atomic E-state index is 13.7. The monoisotopic (exact) mass is 417 g/mol. The minimum Gasteiger partial charge on any atom is -0.491 e. The van der Waals surface area contributed by atoms with Crippen molar-refractivity contribution >= 4 is 11.6 Å². The van der Waals surface area contributed by atoms with Gasteiger partial charge in [-0.2, -0.15) is 18.3 Å². The number of hydrogen-bond donors (Lipinski definition) is 1. The summed E-state index contributed by atoms with van der Waals surface area (Å²) >= 11 is 6.20. The first-order valence-electron chi connectivity index (χ1n) is 9.38. The molecule has 28 heavy (non-hydrogen) atoms. The molecule has 156 valence electrons. The molecule has 0 saturated carbocycles. The summed E-state index contributed by atoms with van der Waals surface area (Å²) in [5.74, 6) is -0.248. The van der Waals surface area contributed by atoms with Crippen molar-refractivity contribution in [2.24, 2.45) is 5.92 Å². The molecule has 0 aliphatic heterocycles. The molecule has 0 aliphatic carbocycles. The van der Waals surface area contributed by atoms with Crippen molar-refractivity contribution < 1.29 is 17.9 Å². The first-order chi connectivity index (χ1) is 13.1. The third-order valence-corrected chi connectivity index (χ3v) is 4.53. The average molecular weight is 418 g/mol. The molecular formula is C20H27ClF3N3O. The molecule has 2 rings (SSSR count). The number of nitrogens with zero attached hydrogens (tertiary/aromatic N) is 2. The molecule has 1 aromatic heterocycles. The molecule has 1 aromatic carbocycles. The highest BCUT2D eigenvalue weighted by Gasteiger charge is 2.36. The second-order valence-corrected chi connectivity index (χ2v) is 7.81. The van der Waals surface area contributed by atoms with Crippen LogP contribution >= 0.6 is 11.6 Å². The van der Waals surface area contributed by atoms with Gasteiger partial charge < -0.3 is 9.64 Å². The number of ether oxygens (including phenoxy) is 1. The molecule has 1 N–H and O–H groups in total. The molecule has 0 aliphatic rings. The normalized spacial score (nSPS) is 12.2. The Bertz CT molecular complexity index is 775. The second kappa shape index (κ2) is 9.65. The van der Waals surface area contributed by atoms with Gasteiger partial charge in [-0.05, 0) is 38.1 Å². The van der Waals surface area contributed by atoms with E-state index in [4.69, 9.17) is 16.3 Å². The zero-order valence-corrected chi connectivity index (χ0v) is 17.4. The molecule has 0 fully saturated rings. The lowest BCUT2D eigenvalue weighted by Crippen LogP contribution is -2.19. The lowest BCUT2D eigenvalue weighted by Gasteiger charge is -2.19. The van der Waals surface area contributed by atoms with Crippen LogP contribution in [0.5, 0.6) is 5.75 Å². The number of hydrogen-bond acceptors (Lipinski definition) is 3. The minimum atomic E-state index is -4.58. The van der Waals surface area contributed by atoms with E-state index >= 15 is 0 Å². The number of aromatic amines is 1. The summed E-state index contributed by atoms with van der Waals surface area (Å²) in [5.41, 5.74) is 0.811. The summed E-state index contributed by atoms with van der Waals surface area (Å²) < 4.78 is 46.3. The quantitative estimate of drug-likeness (QED) is 0.542. The fourth-order valence-electron chi connectivity index (χ4n) is 2.82. The van der Waals surface area contributed by atoms with Gasteiger partial charge in [-0.25, -0.2) is 0 Å². The molecular weight excluding hydrogens is 391 g/mol.